The highest BCUT2D eigenvalue weighted by Crippen LogP contribution is 2.20. The van der Waals surface area contributed by atoms with Gasteiger partial charge in [-0.25, -0.2) is 4.98 Å². The van der Waals surface area contributed by atoms with Crippen LogP contribution >= 0.6 is 0 Å². The van der Waals surface area contributed by atoms with Crippen molar-refractivity contribution in [3.8, 4) is 17.0 Å². The van der Waals surface area contributed by atoms with Crippen LogP contribution in [0.1, 0.15) is 0 Å². The molecule has 0 spiro atoms. The van der Waals surface area contributed by atoms with E-state index in [9.17, 15) is 0 Å². The lowest BCUT2D eigenvalue weighted by atomic mass is 10.2. The van der Waals surface area contributed by atoms with Gasteiger partial charge in [-0.15, -0.1) is 0 Å². The highest BCUT2D eigenvalue weighted by Gasteiger charge is 1.99. The van der Waals surface area contributed by atoms with Crippen molar-refractivity contribution in [2.75, 3.05) is 5.73 Å². The van der Waals surface area contributed by atoms with Crippen molar-refractivity contribution in [2.45, 2.75) is 0 Å². The molecule has 0 bridgehead atoms. The summed E-state index contributed by atoms with van der Waals surface area (Å²) in [6.07, 6.45) is 1.65. The number of hydrogen-bond donors (Lipinski definition) is 3. The van der Waals surface area contributed by atoms with E-state index >= 15 is 0 Å². The minimum atomic E-state index is 0.247. The van der Waals surface area contributed by atoms with Gasteiger partial charge in [0.15, 0.2) is 5.95 Å². The molecule has 0 aliphatic carbocycles. The summed E-state index contributed by atoms with van der Waals surface area (Å²) < 4.78 is 0. The quantitative estimate of drug-likeness (QED) is 0.612. The summed E-state index contributed by atoms with van der Waals surface area (Å²) in [4.78, 5) is 6.77. The third kappa shape index (κ3) is 1.46. The number of nitrogens with zero attached hydrogens (tertiary/aromatic N) is 1. The number of phenolic OH excluding ortho intramolecular Hbond substituents is 1. The van der Waals surface area contributed by atoms with E-state index in [2.05, 4.69) is 9.97 Å². The second-order valence-corrected chi connectivity index (χ2v) is 2.73. The van der Waals surface area contributed by atoms with Gasteiger partial charge in [-0.05, 0) is 29.8 Å². The molecule has 0 radical (unpaired) electrons. The zero-order valence-electron chi connectivity index (χ0n) is 6.86. The predicted molar refractivity (Wildman–Crippen MR) is 50.1 cm³/mol. The minimum Gasteiger partial charge on any atom is -0.508 e. The van der Waals surface area contributed by atoms with E-state index in [4.69, 9.17) is 10.8 Å². The number of aromatic amines is 1. The lowest BCUT2D eigenvalue weighted by Crippen LogP contribution is -1.85. The molecule has 0 saturated carbocycles. The first kappa shape index (κ1) is 7.67. The van der Waals surface area contributed by atoms with Crippen LogP contribution in [0.15, 0.2) is 30.5 Å². The summed E-state index contributed by atoms with van der Waals surface area (Å²) in [5.41, 5.74) is 7.22. The van der Waals surface area contributed by atoms with Crippen LogP contribution in [0.25, 0.3) is 11.3 Å². The average molecular weight is 175 g/mol. The van der Waals surface area contributed by atoms with Gasteiger partial charge in [0.05, 0.1) is 11.9 Å². The maximum Gasteiger partial charge on any atom is 0.197 e. The van der Waals surface area contributed by atoms with E-state index in [1.54, 1.807) is 30.5 Å². The Morgan fingerprint density at radius 2 is 1.92 bits per heavy atom. The number of benzene rings is 1. The minimum absolute atomic E-state index is 0.247. The van der Waals surface area contributed by atoms with E-state index in [0.717, 1.165) is 11.3 Å². The van der Waals surface area contributed by atoms with E-state index in [1.165, 1.54) is 0 Å². The summed E-state index contributed by atoms with van der Waals surface area (Å²) in [6.45, 7) is 0. The normalized spacial score (nSPS) is 10.2. The number of rotatable bonds is 1. The number of nitrogens with two attached hydrogens (primary N) is 1. The summed E-state index contributed by atoms with van der Waals surface area (Å²) >= 11 is 0. The fraction of sp³-hybridized carbons (Fsp3) is 0. The molecule has 0 saturated heterocycles. The number of aromatic nitrogens is 2. The molecule has 4 nitrogen and oxygen atoms in total. The lowest BCUT2D eigenvalue weighted by Gasteiger charge is -1.96. The molecule has 13 heavy (non-hydrogen) atoms. The number of hydrogen-bond acceptors (Lipinski definition) is 3. The largest absolute Gasteiger partial charge is 0.508 e. The highest BCUT2D eigenvalue weighted by molar-refractivity contribution is 5.60. The van der Waals surface area contributed by atoms with E-state index in [0.29, 0.717) is 5.95 Å². The van der Waals surface area contributed by atoms with Gasteiger partial charge in [-0.1, -0.05) is 0 Å². The molecule has 4 heteroatoms. The molecule has 0 fully saturated rings. The first-order valence-electron chi connectivity index (χ1n) is 3.85. The molecule has 0 atom stereocenters. The lowest BCUT2D eigenvalue weighted by molar-refractivity contribution is 0.475. The van der Waals surface area contributed by atoms with Crippen molar-refractivity contribution in [3.05, 3.63) is 30.5 Å². The first-order chi connectivity index (χ1) is 6.25. The van der Waals surface area contributed by atoms with Crippen molar-refractivity contribution in [2.24, 2.45) is 0 Å². The van der Waals surface area contributed by atoms with Gasteiger partial charge in [0.2, 0.25) is 0 Å². The molecule has 0 aliphatic rings. The molecule has 1 aromatic carbocycles. The molecular weight excluding hydrogens is 166 g/mol. The van der Waals surface area contributed by atoms with Crippen LogP contribution in [0.2, 0.25) is 0 Å². The standard InChI is InChI=1S/C9H9N3O/c10-9-11-5-8(12-9)6-1-3-7(13)4-2-6/h1-5,13H,(H3,10,11,12). The van der Waals surface area contributed by atoms with Crippen molar-refractivity contribution in [3.63, 3.8) is 0 Å². The van der Waals surface area contributed by atoms with E-state index < -0.39 is 0 Å². The third-order valence-corrected chi connectivity index (χ3v) is 1.77. The molecule has 1 aromatic heterocycles. The van der Waals surface area contributed by atoms with Crippen molar-refractivity contribution in [1.82, 2.24) is 9.97 Å². The Kier molecular flexibility index (Phi) is 1.66. The van der Waals surface area contributed by atoms with Gasteiger partial charge < -0.3 is 15.8 Å². The molecule has 66 valence electrons. The Labute approximate surface area is 75.1 Å². The Hall–Kier alpha value is -1.97. The molecule has 4 N–H and O–H groups in total. The zero-order chi connectivity index (χ0) is 9.26. The SMILES string of the molecule is Nc1ncc(-c2ccc(O)cc2)[nH]1. The molecule has 0 amide bonds. The molecule has 0 unspecified atom stereocenters. The second kappa shape index (κ2) is 2.82. The molecule has 2 rings (SSSR count). The number of nitrogens with one attached hydrogen (secondary N) is 1. The van der Waals surface area contributed by atoms with Crippen molar-refractivity contribution < 1.29 is 5.11 Å². The first-order valence-corrected chi connectivity index (χ1v) is 3.85. The number of anilines is 1. The van der Waals surface area contributed by atoms with E-state index in [-0.39, 0.29) is 5.75 Å². The molecular formula is C9H9N3O. The fourth-order valence-corrected chi connectivity index (χ4v) is 1.12. The number of phenols is 1. The Bertz CT molecular complexity index is 405. The van der Waals surface area contributed by atoms with Gasteiger partial charge >= 0.3 is 0 Å². The van der Waals surface area contributed by atoms with Crippen LogP contribution in [0, 0.1) is 0 Å². The molecule has 0 aliphatic heterocycles. The average Bonchev–Trinajstić information content (AvgIpc) is 2.53. The number of aromatic hydroxyl groups is 1. The summed E-state index contributed by atoms with van der Waals surface area (Å²) in [7, 11) is 0. The number of nitrogen functional groups attached to an aromatic ring is 1. The van der Waals surface area contributed by atoms with Crippen LogP contribution in [-0.4, -0.2) is 15.1 Å². The summed E-state index contributed by atoms with van der Waals surface area (Å²) in [6, 6.07) is 6.82. The maximum atomic E-state index is 9.06. The molecule has 1 heterocycles. The topological polar surface area (TPSA) is 74.9 Å². The number of imidazole rings is 1. The van der Waals surface area contributed by atoms with Crippen LogP contribution in [0.3, 0.4) is 0 Å². The zero-order valence-corrected chi connectivity index (χ0v) is 6.86. The van der Waals surface area contributed by atoms with Crippen LogP contribution < -0.4 is 5.73 Å². The number of H-pyrrole nitrogens is 1. The Morgan fingerprint density at radius 3 is 2.46 bits per heavy atom. The van der Waals surface area contributed by atoms with Gasteiger partial charge in [-0.2, -0.15) is 0 Å². The van der Waals surface area contributed by atoms with Crippen LogP contribution in [0.4, 0.5) is 5.95 Å². The second-order valence-electron chi connectivity index (χ2n) is 2.73. The summed E-state index contributed by atoms with van der Waals surface area (Å²) in [5, 5.41) is 9.06. The maximum absolute atomic E-state index is 9.06. The summed E-state index contributed by atoms with van der Waals surface area (Å²) in [5.74, 6) is 0.638. The van der Waals surface area contributed by atoms with Crippen LogP contribution in [-0.2, 0) is 0 Å². The van der Waals surface area contributed by atoms with Gasteiger partial charge in [-0.3, -0.25) is 0 Å². The smallest absolute Gasteiger partial charge is 0.197 e. The van der Waals surface area contributed by atoms with Crippen LogP contribution in [0.5, 0.6) is 5.75 Å². The van der Waals surface area contributed by atoms with Crippen molar-refractivity contribution >= 4 is 5.95 Å². The third-order valence-electron chi connectivity index (χ3n) is 1.77. The van der Waals surface area contributed by atoms with Gasteiger partial charge in [0.1, 0.15) is 5.75 Å². The monoisotopic (exact) mass is 175 g/mol. The van der Waals surface area contributed by atoms with E-state index in [1.807, 2.05) is 0 Å². The molecule has 2 aromatic rings. The predicted octanol–water partition coefficient (Wildman–Crippen LogP) is 1.36. The highest BCUT2D eigenvalue weighted by atomic mass is 16.3. The fourth-order valence-electron chi connectivity index (χ4n) is 1.12. The Morgan fingerprint density at radius 1 is 1.23 bits per heavy atom. The van der Waals surface area contributed by atoms with Gasteiger partial charge in [0.25, 0.3) is 0 Å². The van der Waals surface area contributed by atoms with Crippen molar-refractivity contribution in [1.29, 1.82) is 0 Å². The Balaban J connectivity index is 2.41. The van der Waals surface area contributed by atoms with Gasteiger partial charge in [0, 0.05) is 0 Å².